The largest absolute Gasteiger partial charge is 0.418 e. The van der Waals surface area contributed by atoms with Gasteiger partial charge in [0.15, 0.2) is 11.0 Å². The molecule has 0 fully saturated rings. The second kappa shape index (κ2) is 1.61. The van der Waals surface area contributed by atoms with E-state index in [1.165, 1.54) is 0 Å². The molecule has 0 amide bonds. The van der Waals surface area contributed by atoms with E-state index in [9.17, 15) is 4.39 Å². The van der Waals surface area contributed by atoms with Gasteiger partial charge in [0, 0.05) is 0 Å². The molecule has 0 radical (unpaired) electrons. The van der Waals surface area contributed by atoms with Gasteiger partial charge in [0.1, 0.15) is 0 Å². The van der Waals surface area contributed by atoms with Gasteiger partial charge in [-0.25, -0.2) is 4.98 Å². The molecule has 38 valence electrons. The Morgan fingerprint density at radius 1 is 1.86 bits per heavy atom. The molecule has 0 saturated heterocycles. The summed E-state index contributed by atoms with van der Waals surface area (Å²) in [5, 5.41) is 0. The lowest BCUT2D eigenvalue weighted by molar-refractivity contribution is 0.354. The van der Waals surface area contributed by atoms with Crippen LogP contribution in [0.1, 0.15) is 0 Å². The van der Waals surface area contributed by atoms with Crippen molar-refractivity contribution in [3.63, 3.8) is 0 Å². The first kappa shape index (κ1) is 4.77. The van der Waals surface area contributed by atoms with Crippen molar-refractivity contribution >= 4 is 15.9 Å². The third-order valence-electron chi connectivity index (χ3n) is 0.484. The van der Waals surface area contributed by atoms with Gasteiger partial charge in [-0.1, -0.05) is 0 Å². The van der Waals surface area contributed by atoms with Gasteiger partial charge >= 0.3 is 6.01 Å². The summed E-state index contributed by atoms with van der Waals surface area (Å²) in [5.41, 5.74) is 0. The molecule has 0 N–H and O–H groups in total. The van der Waals surface area contributed by atoms with E-state index < -0.39 is 6.01 Å². The minimum atomic E-state index is -0.681. The highest BCUT2D eigenvalue weighted by Crippen LogP contribution is 2.09. The highest BCUT2D eigenvalue weighted by atomic mass is 79.9. The molecule has 0 atom stereocenters. The Hall–Kier alpha value is -0.380. The van der Waals surface area contributed by atoms with Crippen molar-refractivity contribution in [1.29, 1.82) is 0 Å². The van der Waals surface area contributed by atoms with E-state index in [4.69, 9.17) is 0 Å². The van der Waals surface area contributed by atoms with Crippen molar-refractivity contribution in [1.82, 2.24) is 4.98 Å². The summed E-state index contributed by atoms with van der Waals surface area (Å²) in [4.78, 5) is 3.39. The van der Waals surface area contributed by atoms with E-state index >= 15 is 0 Å². The molecule has 1 heterocycles. The number of aromatic nitrogens is 1. The van der Waals surface area contributed by atoms with Crippen LogP contribution in [0.3, 0.4) is 0 Å². The average Bonchev–Trinajstić information content (AvgIpc) is 1.91. The number of rotatable bonds is 0. The van der Waals surface area contributed by atoms with E-state index in [0.29, 0.717) is 0 Å². The lowest BCUT2D eigenvalue weighted by Gasteiger charge is -1.69. The molecule has 0 aliphatic rings. The van der Waals surface area contributed by atoms with Crippen molar-refractivity contribution in [3.8, 4) is 0 Å². The van der Waals surface area contributed by atoms with E-state index in [2.05, 4.69) is 25.3 Å². The number of oxazole rings is 1. The standard InChI is InChI=1S/C3HBrFNO/c4-2-3(5)7-1-6-2/h1H. The fourth-order valence-corrected chi connectivity index (χ4v) is 0.395. The summed E-state index contributed by atoms with van der Waals surface area (Å²) >= 11 is 2.79. The molecule has 1 aromatic heterocycles. The summed E-state index contributed by atoms with van der Waals surface area (Å²) in [7, 11) is 0. The van der Waals surface area contributed by atoms with Gasteiger partial charge in [0.2, 0.25) is 0 Å². The van der Waals surface area contributed by atoms with Crippen molar-refractivity contribution in [3.05, 3.63) is 17.0 Å². The van der Waals surface area contributed by atoms with Crippen LogP contribution in [0.25, 0.3) is 0 Å². The van der Waals surface area contributed by atoms with Crippen LogP contribution < -0.4 is 0 Å². The van der Waals surface area contributed by atoms with Gasteiger partial charge in [-0.05, 0) is 15.9 Å². The molecule has 0 bridgehead atoms. The van der Waals surface area contributed by atoms with Crippen LogP contribution in [-0.4, -0.2) is 4.98 Å². The first-order chi connectivity index (χ1) is 3.30. The van der Waals surface area contributed by atoms with Crippen LogP contribution in [0, 0.1) is 6.01 Å². The highest BCUT2D eigenvalue weighted by Gasteiger charge is 1.98. The quantitative estimate of drug-likeness (QED) is 0.584. The molecular weight excluding hydrogens is 165 g/mol. The van der Waals surface area contributed by atoms with E-state index in [0.717, 1.165) is 6.39 Å². The lowest BCUT2D eigenvalue weighted by atomic mass is 10.9. The van der Waals surface area contributed by atoms with Gasteiger partial charge in [-0.2, -0.15) is 4.39 Å². The van der Waals surface area contributed by atoms with E-state index in [1.807, 2.05) is 0 Å². The van der Waals surface area contributed by atoms with Crippen molar-refractivity contribution < 1.29 is 8.81 Å². The molecule has 0 aromatic carbocycles. The maximum Gasteiger partial charge on any atom is 0.312 e. The van der Waals surface area contributed by atoms with E-state index in [1.54, 1.807) is 0 Å². The Labute approximate surface area is 47.5 Å². The number of hydrogen-bond donors (Lipinski definition) is 0. The van der Waals surface area contributed by atoms with Gasteiger partial charge in [0.25, 0.3) is 0 Å². The molecule has 0 aliphatic carbocycles. The van der Waals surface area contributed by atoms with Gasteiger partial charge in [0.05, 0.1) is 0 Å². The lowest BCUT2D eigenvalue weighted by Crippen LogP contribution is -1.62. The SMILES string of the molecule is Fc1ocnc1Br. The Morgan fingerprint density at radius 2 is 2.57 bits per heavy atom. The predicted octanol–water partition coefficient (Wildman–Crippen LogP) is 1.58. The van der Waals surface area contributed by atoms with Crippen LogP contribution in [0.4, 0.5) is 4.39 Å². The van der Waals surface area contributed by atoms with E-state index in [-0.39, 0.29) is 4.60 Å². The van der Waals surface area contributed by atoms with Crippen LogP contribution in [0.5, 0.6) is 0 Å². The zero-order valence-corrected chi connectivity index (χ0v) is 4.77. The Morgan fingerprint density at radius 3 is 2.71 bits per heavy atom. The minimum absolute atomic E-state index is 0.118. The Kier molecular flexibility index (Phi) is 1.10. The topological polar surface area (TPSA) is 26.0 Å². The maximum atomic E-state index is 11.8. The fraction of sp³-hybridized carbons (Fsp3) is 0. The summed E-state index contributed by atoms with van der Waals surface area (Å²) in [5.74, 6) is 0. The third kappa shape index (κ3) is 0.796. The maximum absolute atomic E-state index is 11.8. The molecule has 0 spiro atoms. The van der Waals surface area contributed by atoms with Crippen molar-refractivity contribution in [2.24, 2.45) is 0 Å². The fourth-order valence-electron chi connectivity index (χ4n) is 0.218. The van der Waals surface area contributed by atoms with Crippen molar-refractivity contribution in [2.45, 2.75) is 0 Å². The molecular formula is C3HBrFNO. The van der Waals surface area contributed by atoms with Crippen LogP contribution >= 0.6 is 15.9 Å². The van der Waals surface area contributed by atoms with Gasteiger partial charge in [-0.15, -0.1) is 0 Å². The summed E-state index contributed by atoms with van der Waals surface area (Å²) in [6, 6.07) is -0.681. The van der Waals surface area contributed by atoms with Crippen molar-refractivity contribution in [2.75, 3.05) is 0 Å². The molecule has 1 aromatic rings. The molecule has 0 saturated carbocycles. The summed E-state index contributed by atoms with van der Waals surface area (Å²) in [6.07, 6.45) is 1.03. The first-order valence-corrected chi connectivity index (χ1v) is 2.34. The molecule has 4 heteroatoms. The summed E-state index contributed by atoms with van der Waals surface area (Å²) in [6.45, 7) is 0. The Balaban J connectivity index is 3.12. The normalized spacial score (nSPS) is 9.43. The number of nitrogens with zero attached hydrogens (tertiary/aromatic N) is 1. The molecule has 2 nitrogen and oxygen atoms in total. The zero-order chi connectivity index (χ0) is 5.28. The van der Waals surface area contributed by atoms with Crippen LogP contribution in [0.15, 0.2) is 15.4 Å². The molecule has 0 unspecified atom stereocenters. The smallest absolute Gasteiger partial charge is 0.312 e. The zero-order valence-electron chi connectivity index (χ0n) is 3.19. The highest BCUT2D eigenvalue weighted by molar-refractivity contribution is 9.10. The van der Waals surface area contributed by atoms with Gasteiger partial charge in [-0.3, -0.25) is 0 Å². The second-order valence-electron chi connectivity index (χ2n) is 0.917. The van der Waals surface area contributed by atoms with Crippen LogP contribution in [-0.2, 0) is 0 Å². The average molecular weight is 166 g/mol. The monoisotopic (exact) mass is 165 g/mol. The molecule has 0 aliphatic heterocycles. The molecule has 1 rings (SSSR count). The predicted molar refractivity (Wildman–Crippen MR) is 24.2 cm³/mol. The van der Waals surface area contributed by atoms with Gasteiger partial charge < -0.3 is 4.42 Å². The number of halogens is 2. The third-order valence-corrected chi connectivity index (χ3v) is 1.00. The number of hydrogen-bond acceptors (Lipinski definition) is 2. The molecule has 7 heavy (non-hydrogen) atoms. The Bertz CT molecular complexity index is 147. The summed E-state index contributed by atoms with van der Waals surface area (Å²) < 4.78 is 16.1. The van der Waals surface area contributed by atoms with Crippen LogP contribution in [0.2, 0.25) is 0 Å². The second-order valence-corrected chi connectivity index (χ2v) is 1.67. The first-order valence-electron chi connectivity index (χ1n) is 1.55. The minimum Gasteiger partial charge on any atom is -0.418 e.